The van der Waals surface area contributed by atoms with Gasteiger partial charge in [-0.3, -0.25) is 0 Å². The maximum absolute atomic E-state index is 3.57. The minimum absolute atomic E-state index is 0.564. The van der Waals surface area contributed by atoms with Crippen LogP contribution in [0.4, 0.5) is 5.69 Å². The molecule has 1 aromatic rings. The van der Waals surface area contributed by atoms with Crippen LogP contribution in [-0.2, 0) is 6.54 Å². The molecule has 0 amide bonds. The van der Waals surface area contributed by atoms with Gasteiger partial charge in [0.05, 0.1) is 0 Å². The monoisotopic (exact) mass is 344 g/mol. The smallest absolute Gasteiger partial charge is 0.0412 e. The number of hydrogen-bond donors (Lipinski definition) is 1. The average Bonchev–Trinajstić information content (AvgIpc) is 2.41. The van der Waals surface area contributed by atoms with Crippen molar-refractivity contribution in [2.24, 2.45) is 0 Å². The molecule has 0 aliphatic heterocycles. The third-order valence-corrected chi connectivity index (χ3v) is 4.53. The molecule has 0 saturated carbocycles. The van der Waals surface area contributed by atoms with E-state index in [9.17, 15) is 0 Å². The molecular weight excluding hydrogens is 320 g/mol. The minimum Gasteiger partial charge on any atom is -0.372 e. The van der Waals surface area contributed by atoms with Gasteiger partial charge in [-0.25, -0.2) is 0 Å². The van der Waals surface area contributed by atoms with Crippen molar-refractivity contribution in [3.05, 3.63) is 28.2 Å². The van der Waals surface area contributed by atoms with E-state index in [1.807, 2.05) is 11.8 Å². The van der Waals surface area contributed by atoms with Gasteiger partial charge < -0.3 is 10.2 Å². The number of thioether (sulfide) groups is 1. The lowest BCUT2D eigenvalue weighted by atomic mass is 10.1. The molecule has 0 bridgehead atoms. The standard InChI is InChI=1S/C15H25BrN2S/c1-5-17-11-13-10-14(16)6-7-15(13)18(3)12(2)8-9-19-4/h6-7,10,12,17H,5,8-9,11H2,1-4H3. The molecule has 108 valence electrons. The van der Waals surface area contributed by atoms with Crippen molar-refractivity contribution < 1.29 is 0 Å². The minimum atomic E-state index is 0.564. The number of nitrogens with zero attached hydrogens (tertiary/aromatic N) is 1. The first-order chi connectivity index (χ1) is 9.10. The average molecular weight is 345 g/mol. The molecule has 1 N–H and O–H groups in total. The van der Waals surface area contributed by atoms with Crippen LogP contribution >= 0.6 is 27.7 Å². The lowest BCUT2D eigenvalue weighted by molar-refractivity contribution is 0.659. The molecule has 0 aliphatic rings. The Bertz CT molecular complexity index is 384. The second-order valence-electron chi connectivity index (χ2n) is 4.79. The van der Waals surface area contributed by atoms with Crippen molar-refractivity contribution in [2.45, 2.75) is 32.9 Å². The summed E-state index contributed by atoms with van der Waals surface area (Å²) in [6, 6.07) is 7.12. The number of nitrogens with one attached hydrogen (secondary N) is 1. The van der Waals surface area contributed by atoms with Crippen LogP contribution in [0.1, 0.15) is 25.8 Å². The van der Waals surface area contributed by atoms with Crippen LogP contribution in [0.5, 0.6) is 0 Å². The highest BCUT2D eigenvalue weighted by Crippen LogP contribution is 2.26. The van der Waals surface area contributed by atoms with E-state index in [1.54, 1.807) is 0 Å². The van der Waals surface area contributed by atoms with E-state index in [2.05, 4.69) is 71.5 Å². The molecule has 0 saturated heterocycles. The summed E-state index contributed by atoms with van der Waals surface area (Å²) < 4.78 is 1.15. The molecule has 1 rings (SSSR count). The van der Waals surface area contributed by atoms with Crippen molar-refractivity contribution in [3.8, 4) is 0 Å². The summed E-state index contributed by atoms with van der Waals surface area (Å²) in [6.45, 7) is 6.36. The van der Waals surface area contributed by atoms with Crippen LogP contribution in [0.15, 0.2) is 22.7 Å². The summed E-state index contributed by atoms with van der Waals surface area (Å²) in [7, 11) is 2.20. The zero-order chi connectivity index (χ0) is 14.3. The molecule has 1 atom stereocenters. The molecule has 0 aromatic heterocycles. The number of anilines is 1. The Morgan fingerprint density at radius 2 is 2.16 bits per heavy atom. The van der Waals surface area contributed by atoms with Crippen LogP contribution < -0.4 is 10.2 Å². The third-order valence-electron chi connectivity index (χ3n) is 3.39. The van der Waals surface area contributed by atoms with Crippen molar-refractivity contribution in [1.29, 1.82) is 0 Å². The molecule has 4 heteroatoms. The fourth-order valence-corrected chi connectivity index (χ4v) is 3.00. The number of halogens is 1. The second-order valence-corrected chi connectivity index (χ2v) is 6.70. The lowest BCUT2D eigenvalue weighted by Crippen LogP contribution is -2.30. The van der Waals surface area contributed by atoms with Gasteiger partial charge in [0.15, 0.2) is 0 Å². The summed E-state index contributed by atoms with van der Waals surface area (Å²) in [6.07, 6.45) is 3.39. The van der Waals surface area contributed by atoms with Crippen molar-refractivity contribution in [3.63, 3.8) is 0 Å². The number of benzene rings is 1. The molecule has 0 spiro atoms. The Morgan fingerprint density at radius 3 is 2.79 bits per heavy atom. The zero-order valence-corrected chi connectivity index (χ0v) is 14.8. The van der Waals surface area contributed by atoms with Crippen molar-refractivity contribution in [1.82, 2.24) is 5.32 Å². The molecular formula is C15H25BrN2S. The lowest BCUT2D eigenvalue weighted by Gasteiger charge is -2.29. The molecule has 0 radical (unpaired) electrons. The Hall–Kier alpha value is -0.190. The van der Waals surface area contributed by atoms with Crippen molar-refractivity contribution in [2.75, 3.05) is 30.5 Å². The highest BCUT2D eigenvalue weighted by molar-refractivity contribution is 9.10. The predicted molar refractivity (Wildman–Crippen MR) is 92.4 cm³/mol. The maximum Gasteiger partial charge on any atom is 0.0412 e. The van der Waals surface area contributed by atoms with Gasteiger partial charge in [0.25, 0.3) is 0 Å². The van der Waals surface area contributed by atoms with Gasteiger partial charge in [0, 0.05) is 29.8 Å². The van der Waals surface area contributed by atoms with Crippen LogP contribution in [0.25, 0.3) is 0 Å². The molecule has 1 aromatic carbocycles. The van der Waals surface area contributed by atoms with Crippen LogP contribution in [0.3, 0.4) is 0 Å². The second kappa shape index (κ2) is 8.88. The summed E-state index contributed by atoms with van der Waals surface area (Å²) in [5, 5.41) is 3.42. The highest BCUT2D eigenvalue weighted by Gasteiger charge is 2.13. The van der Waals surface area contributed by atoms with E-state index < -0.39 is 0 Å². The van der Waals surface area contributed by atoms with Crippen LogP contribution in [-0.4, -0.2) is 31.6 Å². The van der Waals surface area contributed by atoms with Crippen LogP contribution in [0.2, 0.25) is 0 Å². The third kappa shape index (κ3) is 5.36. The highest BCUT2D eigenvalue weighted by atomic mass is 79.9. The van der Waals surface area contributed by atoms with Gasteiger partial charge >= 0.3 is 0 Å². The Kier molecular flexibility index (Phi) is 7.88. The first kappa shape index (κ1) is 16.9. The van der Waals surface area contributed by atoms with E-state index in [4.69, 9.17) is 0 Å². The van der Waals surface area contributed by atoms with E-state index in [0.29, 0.717) is 6.04 Å². The Balaban J connectivity index is 2.84. The molecule has 0 heterocycles. The quantitative estimate of drug-likeness (QED) is 0.762. The molecule has 19 heavy (non-hydrogen) atoms. The fourth-order valence-electron chi connectivity index (χ4n) is 2.02. The van der Waals surface area contributed by atoms with Crippen LogP contribution in [0, 0.1) is 0 Å². The summed E-state index contributed by atoms with van der Waals surface area (Å²) in [5.41, 5.74) is 2.69. The van der Waals surface area contributed by atoms with Gasteiger partial charge in [-0.1, -0.05) is 22.9 Å². The van der Waals surface area contributed by atoms with Gasteiger partial charge in [-0.15, -0.1) is 0 Å². The molecule has 1 unspecified atom stereocenters. The number of rotatable bonds is 8. The molecule has 2 nitrogen and oxygen atoms in total. The maximum atomic E-state index is 3.57. The predicted octanol–water partition coefficient (Wildman–Crippen LogP) is 4.14. The first-order valence-electron chi connectivity index (χ1n) is 6.81. The van der Waals surface area contributed by atoms with E-state index in [1.165, 1.54) is 23.4 Å². The summed E-state index contributed by atoms with van der Waals surface area (Å²) >= 11 is 5.48. The van der Waals surface area contributed by atoms with E-state index in [-0.39, 0.29) is 0 Å². The van der Waals surface area contributed by atoms with Gasteiger partial charge in [0.1, 0.15) is 0 Å². The summed E-state index contributed by atoms with van der Waals surface area (Å²) in [5.74, 6) is 1.21. The SMILES string of the molecule is CCNCc1cc(Br)ccc1N(C)C(C)CCSC. The van der Waals surface area contributed by atoms with Gasteiger partial charge in [-0.05, 0) is 55.7 Å². The Labute approximate surface area is 130 Å². The van der Waals surface area contributed by atoms with Gasteiger partial charge in [0.2, 0.25) is 0 Å². The first-order valence-corrected chi connectivity index (χ1v) is 8.99. The molecule has 0 fully saturated rings. The Morgan fingerprint density at radius 1 is 1.42 bits per heavy atom. The van der Waals surface area contributed by atoms with Crippen molar-refractivity contribution >= 4 is 33.4 Å². The largest absolute Gasteiger partial charge is 0.372 e. The normalized spacial score (nSPS) is 12.5. The zero-order valence-electron chi connectivity index (χ0n) is 12.4. The van der Waals surface area contributed by atoms with E-state index >= 15 is 0 Å². The van der Waals surface area contributed by atoms with E-state index in [0.717, 1.165) is 17.6 Å². The molecule has 0 aliphatic carbocycles. The topological polar surface area (TPSA) is 15.3 Å². The number of hydrogen-bond acceptors (Lipinski definition) is 3. The fraction of sp³-hybridized carbons (Fsp3) is 0.600. The van der Waals surface area contributed by atoms with Gasteiger partial charge in [-0.2, -0.15) is 11.8 Å². The summed E-state index contributed by atoms with van der Waals surface area (Å²) in [4.78, 5) is 2.40.